The van der Waals surface area contributed by atoms with Crippen LogP contribution in [-0.4, -0.2) is 4.98 Å². The van der Waals surface area contributed by atoms with Crippen molar-refractivity contribution in [2.45, 2.75) is 19.5 Å². The van der Waals surface area contributed by atoms with Crippen LogP contribution >= 0.6 is 0 Å². The first-order chi connectivity index (χ1) is 8.79. The van der Waals surface area contributed by atoms with Crippen molar-refractivity contribution < 1.29 is 0 Å². The van der Waals surface area contributed by atoms with Gasteiger partial charge in [-0.05, 0) is 24.6 Å². The van der Waals surface area contributed by atoms with Crippen molar-refractivity contribution in [1.29, 1.82) is 5.26 Å². The summed E-state index contributed by atoms with van der Waals surface area (Å²) in [6, 6.07) is 15.7. The van der Waals surface area contributed by atoms with Gasteiger partial charge in [-0.15, -0.1) is 0 Å². The summed E-state index contributed by atoms with van der Waals surface area (Å²) in [7, 11) is 0. The summed E-state index contributed by atoms with van der Waals surface area (Å²) in [6.07, 6.45) is 1.70. The van der Waals surface area contributed by atoms with Crippen molar-refractivity contribution in [3.63, 3.8) is 0 Å². The second-order valence-corrected chi connectivity index (χ2v) is 4.18. The van der Waals surface area contributed by atoms with Crippen LogP contribution in [0.25, 0.3) is 0 Å². The third-order valence-electron chi connectivity index (χ3n) is 2.74. The Labute approximate surface area is 107 Å². The van der Waals surface area contributed by atoms with Gasteiger partial charge < -0.3 is 0 Å². The quantitative estimate of drug-likeness (QED) is 0.889. The topological polar surface area (TPSA) is 48.7 Å². The van der Waals surface area contributed by atoms with Crippen molar-refractivity contribution >= 4 is 0 Å². The number of nitrogens with zero attached hydrogens (tertiary/aromatic N) is 2. The molecule has 0 fully saturated rings. The van der Waals surface area contributed by atoms with E-state index in [1.807, 2.05) is 18.2 Å². The highest BCUT2D eigenvalue weighted by molar-refractivity contribution is 5.22. The number of hydrogen-bond donors (Lipinski definition) is 1. The van der Waals surface area contributed by atoms with Crippen LogP contribution in [-0.2, 0) is 6.54 Å². The maximum atomic E-state index is 9.15. The van der Waals surface area contributed by atoms with E-state index in [0.29, 0.717) is 6.54 Å². The van der Waals surface area contributed by atoms with Crippen LogP contribution in [0.2, 0.25) is 0 Å². The molecule has 90 valence electrons. The lowest BCUT2D eigenvalue weighted by Gasteiger charge is -2.10. The van der Waals surface area contributed by atoms with Gasteiger partial charge in [0.25, 0.3) is 0 Å². The van der Waals surface area contributed by atoms with Crippen LogP contribution in [0.5, 0.6) is 0 Å². The van der Waals surface area contributed by atoms with Crippen LogP contribution in [0.1, 0.15) is 22.9 Å². The van der Waals surface area contributed by atoms with E-state index in [-0.39, 0.29) is 6.04 Å². The molecule has 0 aliphatic rings. The summed E-state index contributed by atoms with van der Waals surface area (Å²) >= 11 is 0. The molecule has 3 heteroatoms. The standard InChI is InChI=1S/C15H15N3/c1-12-5-7-13(8-6-12)11-18-15(10-16)14-4-2-3-9-17-14/h2-9,15,18H,11H2,1H3. The molecule has 0 amide bonds. The molecule has 0 radical (unpaired) electrons. The highest BCUT2D eigenvalue weighted by Gasteiger charge is 2.10. The van der Waals surface area contributed by atoms with Gasteiger partial charge in [0.2, 0.25) is 0 Å². The average Bonchev–Trinajstić information content (AvgIpc) is 2.43. The zero-order valence-electron chi connectivity index (χ0n) is 10.3. The fourth-order valence-electron chi connectivity index (χ4n) is 1.69. The minimum Gasteiger partial charge on any atom is -0.293 e. The van der Waals surface area contributed by atoms with E-state index in [1.54, 1.807) is 6.20 Å². The SMILES string of the molecule is Cc1ccc(CNC(C#N)c2ccccn2)cc1. The van der Waals surface area contributed by atoms with Crippen molar-refractivity contribution in [3.05, 3.63) is 65.5 Å². The molecular weight excluding hydrogens is 222 g/mol. The second-order valence-electron chi connectivity index (χ2n) is 4.18. The molecule has 1 unspecified atom stereocenters. The lowest BCUT2D eigenvalue weighted by molar-refractivity contribution is 0.617. The zero-order chi connectivity index (χ0) is 12.8. The van der Waals surface area contributed by atoms with E-state index in [1.165, 1.54) is 5.56 Å². The Morgan fingerprint density at radius 2 is 2.00 bits per heavy atom. The maximum absolute atomic E-state index is 9.15. The van der Waals surface area contributed by atoms with Crippen molar-refractivity contribution in [2.75, 3.05) is 0 Å². The van der Waals surface area contributed by atoms with Crippen LogP contribution in [0, 0.1) is 18.3 Å². The Morgan fingerprint density at radius 3 is 2.61 bits per heavy atom. The van der Waals surface area contributed by atoms with Gasteiger partial charge in [-0.1, -0.05) is 35.9 Å². The number of rotatable bonds is 4. The summed E-state index contributed by atoms with van der Waals surface area (Å²) in [6.45, 7) is 2.72. The van der Waals surface area contributed by atoms with E-state index < -0.39 is 0 Å². The molecular formula is C15H15N3. The predicted molar refractivity (Wildman–Crippen MR) is 70.6 cm³/mol. The zero-order valence-corrected chi connectivity index (χ0v) is 10.3. The molecule has 0 saturated carbocycles. The minimum absolute atomic E-state index is 0.368. The third-order valence-corrected chi connectivity index (χ3v) is 2.74. The first-order valence-corrected chi connectivity index (χ1v) is 5.89. The first kappa shape index (κ1) is 12.3. The van der Waals surface area contributed by atoms with E-state index >= 15 is 0 Å². The predicted octanol–water partition coefficient (Wildman–Crippen LogP) is 2.74. The van der Waals surface area contributed by atoms with Crippen molar-refractivity contribution in [3.8, 4) is 6.07 Å². The Hall–Kier alpha value is -2.18. The van der Waals surface area contributed by atoms with Crippen molar-refractivity contribution in [2.24, 2.45) is 0 Å². The number of nitrogens with one attached hydrogen (secondary N) is 1. The highest BCUT2D eigenvalue weighted by Crippen LogP contribution is 2.10. The Balaban J connectivity index is 2.00. The Kier molecular flexibility index (Phi) is 4.06. The largest absolute Gasteiger partial charge is 0.293 e. The van der Waals surface area contributed by atoms with E-state index in [9.17, 15) is 0 Å². The van der Waals surface area contributed by atoms with E-state index in [2.05, 4.69) is 47.6 Å². The van der Waals surface area contributed by atoms with Gasteiger partial charge in [-0.3, -0.25) is 10.3 Å². The molecule has 0 bridgehead atoms. The van der Waals surface area contributed by atoms with Gasteiger partial charge in [0.05, 0.1) is 11.8 Å². The average molecular weight is 237 g/mol. The molecule has 1 aromatic carbocycles. The number of pyridine rings is 1. The highest BCUT2D eigenvalue weighted by atomic mass is 14.9. The van der Waals surface area contributed by atoms with Crippen LogP contribution < -0.4 is 5.32 Å². The summed E-state index contributed by atoms with van der Waals surface area (Å²) in [4.78, 5) is 4.19. The lowest BCUT2D eigenvalue weighted by Crippen LogP contribution is -2.20. The molecule has 1 heterocycles. The summed E-state index contributed by atoms with van der Waals surface area (Å²) in [5.41, 5.74) is 3.16. The summed E-state index contributed by atoms with van der Waals surface area (Å²) in [5.74, 6) is 0. The van der Waals surface area contributed by atoms with Gasteiger partial charge in [-0.2, -0.15) is 5.26 Å². The summed E-state index contributed by atoms with van der Waals surface area (Å²) in [5, 5.41) is 12.3. The van der Waals surface area contributed by atoms with Crippen LogP contribution in [0.3, 0.4) is 0 Å². The van der Waals surface area contributed by atoms with Gasteiger partial charge in [0.15, 0.2) is 0 Å². The van der Waals surface area contributed by atoms with Gasteiger partial charge >= 0.3 is 0 Å². The molecule has 0 saturated heterocycles. The smallest absolute Gasteiger partial charge is 0.138 e. The molecule has 0 aliphatic heterocycles. The van der Waals surface area contributed by atoms with E-state index in [4.69, 9.17) is 5.26 Å². The molecule has 3 nitrogen and oxygen atoms in total. The fourth-order valence-corrected chi connectivity index (χ4v) is 1.69. The fraction of sp³-hybridized carbons (Fsp3) is 0.200. The second kappa shape index (κ2) is 5.95. The number of benzene rings is 1. The van der Waals surface area contributed by atoms with Gasteiger partial charge in [0, 0.05) is 12.7 Å². The van der Waals surface area contributed by atoms with Crippen LogP contribution in [0.15, 0.2) is 48.7 Å². The van der Waals surface area contributed by atoms with Gasteiger partial charge in [0.1, 0.15) is 6.04 Å². The number of hydrogen-bond acceptors (Lipinski definition) is 3. The number of aromatic nitrogens is 1. The monoisotopic (exact) mass is 237 g/mol. The molecule has 1 N–H and O–H groups in total. The Morgan fingerprint density at radius 1 is 1.22 bits per heavy atom. The molecule has 0 aliphatic carbocycles. The molecule has 1 atom stereocenters. The first-order valence-electron chi connectivity index (χ1n) is 5.89. The number of nitriles is 1. The number of aryl methyl sites for hydroxylation is 1. The Bertz CT molecular complexity index is 526. The van der Waals surface area contributed by atoms with E-state index in [0.717, 1.165) is 11.3 Å². The van der Waals surface area contributed by atoms with Crippen molar-refractivity contribution in [1.82, 2.24) is 10.3 Å². The molecule has 18 heavy (non-hydrogen) atoms. The molecule has 2 aromatic rings. The molecule has 2 rings (SSSR count). The summed E-state index contributed by atoms with van der Waals surface area (Å²) < 4.78 is 0. The van der Waals surface area contributed by atoms with Gasteiger partial charge in [-0.25, -0.2) is 0 Å². The minimum atomic E-state index is -0.368. The lowest BCUT2D eigenvalue weighted by atomic mass is 10.1. The molecule has 1 aromatic heterocycles. The van der Waals surface area contributed by atoms with Crippen LogP contribution in [0.4, 0.5) is 0 Å². The normalized spacial score (nSPS) is 11.8. The maximum Gasteiger partial charge on any atom is 0.138 e. The third kappa shape index (κ3) is 3.16. The molecule has 0 spiro atoms.